The quantitative estimate of drug-likeness (QED) is 0.462. The van der Waals surface area contributed by atoms with Gasteiger partial charge in [0, 0.05) is 13.0 Å². The number of benzene rings is 2. The Morgan fingerprint density at radius 2 is 1.56 bits per heavy atom. The molecule has 9 heteroatoms. The van der Waals surface area contributed by atoms with Gasteiger partial charge in [-0.2, -0.15) is 0 Å². The van der Waals surface area contributed by atoms with E-state index in [2.05, 4.69) is 10.6 Å². The highest BCUT2D eigenvalue weighted by Gasteiger charge is 2.32. The number of hydrogen-bond acceptors (Lipinski definition) is 6. The standard InChI is InChI=1S/C23H26N2O7/c1-13(31-2)20(21(27)24-19(11-26)22(28)29)25-23(30)32-12-18-16-9-5-3-7-14(16)15-8-4-6-10-17(15)18/h3-10,13,18-20,26H,11-12H2,1-2H3,(H,24,27)(H,25,30)(H,28,29)/t13-,19?,20+/m1/s1. The molecule has 0 radical (unpaired) electrons. The van der Waals surface area contributed by atoms with Gasteiger partial charge in [0.25, 0.3) is 0 Å². The molecule has 0 spiro atoms. The molecule has 2 aromatic carbocycles. The molecular formula is C23H26N2O7. The van der Waals surface area contributed by atoms with Gasteiger partial charge in [-0.1, -0.05) is 48.5 Å². The summed E-state index contributed by atoms with van der Waals surface area (Å²) in [6, 6.07) is 13.1. The van der Waals surface area contributed by atoms with Crippen LogP contribution in [0.4, 0.5) is 4.79 Å². The number of carbonyl (C=O) groups is 3. The van der Waals surface area contributed by atoms with Gasteiger partial charge < -0.3 is 30.3 Å². The highest BCUT2D eigenvalue weighted by molar-refractivity contribution is 5.89. The van der Waals surface area contributed by atoms with E-state index in [0.29, 0.717) is 0 Å². The number of aliphatic carboxylic acids is 1. The van der Waals surface area contributed by atoms with Crippen molar-refractivity contribution in [3.05, 3.63) is 59.7 Å². The highest BCUT2D eigenvalue weighted by atomic mass is 16.5. The third kappa shape index (κ3) is 4.90. The zero-order chi connectivity index (χ0) is 23.3. The number of carboxylic acid groups (broad SMARTS) is 1. The fourth-order valence-electron chi connectivity index (χ4n) is 3.75. The third-order valence-electron chi connectivity index (χ3n) is 5.54. The molecule has 1 aliphatic carbocycles. The molecule has 1 unspecified atom stereocenters. The Hall–Kier alpha value is -3.43. The summed E-state index contributed by atoms with van der Waals surface area (Å²) in [5.41, 5.74) is 4.28. The summed E-state index contributed by atoms with van der Waals surface area (Å²) in [6.07, 6.45) is -1.62. The van der Waals surface area contributed by atoms with Gasteiger partial charge in [0.2, 0.25) is 5.91 Å². The summed E-state index contributed by atoms with van der Waals surface area (Å²) in [5, 5.41) is 22.8. The predicted molar refractivity (Wildman–Crippen MR) is 115 cm³/mol. The van der Waals surface area contributed by atoms with Crippen LogP contribution in [0, 0.1) is 0 Å². The second-order valence-electron chi connectivity index (χ2n) is 7.47. The maximum absolute atomic E-state index is 12.5. The monoisotopic (exact) mass is 442 g/mol. The van der Waals surface area contributed by atoms with E-state index >= 15 is 0 Å². The number of ether oxygens (including phenoxy) is 2. The van der Waals surface area contributed by atoms with Gasteiger partial charge in [-0.3, -0.25) is 4.79 Å². The zero-order valence-electron chi connectivity index (χ0n) is 17.8. The van der Waals surface area contributed by atoms with E-state index in [9.17, 15) is 14.4 Å². The normalized spacial score (nSPS) is 15.1. The molecule has 32 heavy (non-hydrogen) atoms. The number of methoxy groups -OCH3 is 1. The lowest BCUT2D eigenvalue weighted by Crippen LogP contribution is -2.57. The Kier molecular flexibility index (Phi) is 7.45. The number of amides is 2. The molecule has 0 bridgehead atoms. The number of fused-ring (bicyclic) bond motifs is 3. The number of aliphatic hydroxyl groups excluding tert-OH is 1. The Labute approximate surface area is 185 Å². The molecule has 2 amide bonds. The fourth-order valence-corrected chi connectivity index (χ4v) is 3.75. The van der Waals surface area contributed by atoms with Gasteiger partial charge in [0.15, 0.2) is 0 Å². The van der Waals surface area contributed by atoms with Crippen LogP contribution in [0.2, 0.25) is 0 Å². The first-order chi connectivity index (χ1) is 15.4. The minimum absolute atomic E-state index is 0.0595. The topological polar surface area (TPSA) is 134 Å². The van der Waals surface area contributed by atoms with Crippen LogP contribution in [0.15, 0.2) is 48.5 Å². The average molecular weight is 442 g/mol. The lowest BCUT2D eigenvalue weighted by Gasteiger charge is -2.25. The molecule has 0 saturated carbocycles. The second-order valence-corrected chi connectivity index (χ2v) is 7.47. The summed E-state index contributed by atoms with van der Waals surface area (Å²) >= 11 is 0. The molecule has 170 valence electrons. The Morgan fingerprint density at radius 1 is 1.00 bits per heavy atom. The van der Waals surface area contributed by atoms with E-state index in [1.807, 2.05) is 48.5 Å². The molecule has 3 rings (SSSR count). The first-order valence-corrected chi connectivity index (χ1v) is 10.2. The van der Waals surface area contributed by atoms with Crippen LogP contribution in [-0.2, 0) is 19.1 Å². The van der Waals surface area contributed by atoms with E-state index in [1.54, 1.807) is 6.92 Å². The van der Waals surface area contributed by atoms with Gasteiger partial charge in [0.05, 0.1) is 12.7 Å². The number of aliphatic hydroxyl groups is 1. The zero-order valence-corrected chi connectivity index (χ0v) is 17.8. The molecule has 9 nitrogen and oxygen atoms in total. The van der Waals surface area contributed by atoms with Crippen molar-refractivity contribution in [1.82, 2.24) is 10.6 Å². The lowest BCUT2D eigenvalue weighted by atomic mass is 9.98. The van der Waals surface area contributed by atoms with Crippen molar-refractivity contribution in [2.75, 3.05) is 20.3 Å². The number of carbonyl (C=O) groups excluding carboxylic acids is 2. The summed E-state index contributed by atoms with van der Waals surface area (Å²) in [5.74, 6) is -2.36. The van der Waals surface area contributed by atoms with Crippen LogP contribution in [0.1, 0.15) is 24.0 Å². The van der Waals surface area contributed by atoms with E-state index in [1.165, 1.54) is 7.11 Å². The maximum atomic E-state index is 12.5. The van der Waals surface area contributed by atoms with Gasteiger partial charge in [-0.25, -0.2) is 9.59 Å². The number of carboxylic acids is 1. The van der Waals surface area contributed by atoms with Gasteiger partial charge in [-0.15, -0.1) is 0 Å². The first kappa shape index (κ1) is 23.2. The van der Waals surface area contributed by atoms with Crippen molar-refractivity contribution in [3.63, 3.8) is 0 Å². The molecule has 0 saturated heterocycles. The van der Waals surface area contributed by atoms with Crippen LogP contribution in [-0.4, -0.2) is 66.7 Å². The highest BCUT2D eigenvalue weighted by Crippen LogP contribution is 2.44. The Balaban J connectivity index is 1.68. The number of rotatable bonds is 9. The Bertz CT molecular complexity index is 948. The van der Waals surface area contributed by atoms with Gasteiger partial charge >= 0.3 is 12.1 Å². The SMILES string of the molecule is CO[C@H](C)[C@H](NC(=O)OCC1c2ccccc2-c2ccccc21)C(=O)NC(CO)C(=O)O. The van der Waals surface area contributed by atoms with Crippen molar-refractivity contribution in [2.45, 2.75) is 31.0 Å². The van der Waals surface area contributed by atoms with Crippen LogP contribution in [0.5, 0.6) is 0 Å². The van der Waals surface area contributed by atoms with Gasteiger partial charge in [-0.05, 0) is 29.2 Å². The molecular weight excluding hydrogens is 416 g/mol. The van der Waals surface area contributed by atoms with Crippen molar-refractivity contribution in [3.8, 4) is 11.1 Å². The maximum Gasteiger partial charge on any atom is 0.407 e. The molecule has 0 fully saturated rings. The van der Waals surface area contributed by atoms with Gasteiger partial charge in [0.1, 0.15) is 18.7 Å². The Morgan fingerprint density at radius 3 is 2.06 bits per heavy atom. The van der Waals surface area contributed by atoms with Crippen LogP contribution < -0.4 is 10.6 Å². The molecule has 0 aromatic heterocycles. The van der Waals surface area contributed by atoms with Crippen LogP contribution in [0.3, 0.4) is 0 Å². The molecule has 0 heterocycles. The summed E-state index contributed by atoms with van der Waals surface area (Å²) in [4.78, 5) is 36.1. The largest absolute Gasteiger partial charge is 0.480 e. The molecule has 3 atom stereocenters. The lowest BCUT2D eigenvalue weighted by molar-refractivity contribution is -0.143. The molecule has 1 aliphatic rings. The number of nitrogens with one attached hydrogen (secondary N) is 2. The summed E-state index contributed by atoms with van der Waals surface area (Å²) in [6.45, 7) is 0.812. The van der Waals surface area contributed by atoms with Crippen molar-refractivity contribution < 1.29 is 34.1 Å². The minimum Gasteiger partial charge on any atom is -0.480 e. The fraction of sp³-hybridized carbons (Fsp3) is 0.348. The number of hydrogen-bond donors (Lipinski definition) is 4. The third-order valence-corrected chi connectivity index (χ3v) is 5.54. The average Bonchev–Trinajstić information content (AvgIpc) is 3.12. The van der Waals surface area contributed by atoms with Crippen molar-refractivity contribution in [2.24, 2.45) is 0 Å². The smallest absolute Gasteiger partial charge is 0.407 e. The molecule has 0 aliphatic heterocycles. The van der Waals surface area contributed by atoms with Crippen molar-refractivity contribution in [1.29, 1.82) is 0 Å². The molecule has 2 aromatic rings. The van der Waals surface area contributed by atoms with E-state index in [0.717, 1.165) is 22.3 Å². The first-order valence-electron chi connectivity index (χ1n) is 10.2. The minimum atomic E-state index is -1.50. The van der Waals surface area contributed by atoms with E-state index in [-0.39, 0.29) is 12.5 Å². The van der Waals surface area contributed by atoms with E-state index in [4.69, 9.17) is 19.7 Å². The van der Waals surface area contributed by atoms with Crippen LogP contribution in [0.25, 0.3) is 11.1 Å². The van der Waals surface area contributed by atoms with Crippen molar-refractivity contribution >= 4 is 18.0 Å². The summed E-state index contributed by atoms with van der Waals surface area (Å²) < 4.78 is 10.6. The second kappa shape index (κ2) is 10.3. The molecule has 4 N–H and O–H groups in total. The van der Waals surface area contributed by atoms with Crippen LogP contribution >= 0.6 is 0 Å². The van der Waals surface area contributed by atoms with E-state index < -0.39 is 42.8 Å². The number of alkyl carbamates (subject to hydrolysis) is 1. The summed E-state index contributed by atoms with van der Waals surface area (Å²) in [7, 11) is 1.35. The predicted octanol–water partition coefficient (Wildman–Crippen LogP) is 1.49.